The topological polar surface area (TPSA) is 12.0 Å². The van der Waals surface area contributed by atoms with Crippen molar-refractivity contribution in [3.8, 4) is 0 Å². The van der Waals surface area contributed by atoms with E-state index in [1.54, 1.807) is 0 Å². The van der Waals surface area contributed by atoms with Crippen LogP contribution < -0.4 is 5.32 Å². The van der Waals surface area contributed by atoms with Crippen LogP contribution >= 0.6 is 0 Å². The summed E-state index contributed by atoms with van der Waals surface area (Å²) in [6.07, 6.45) is -2.96. The minimum Gasteiger partial charge on any atom is -0.309 e. The van der Waals surface area contributed by atoms with Gasteiger partial charge in [0.1, 0.15) is 0 Å². The SMILES string of the molecule is CC(CCCC(F)(F)F)NC(C)(C)CC(C)(C)C. The maximum atomic E-state index is 12.0. The first-order valence-corrected chi connectivity index (χ1v) is 6.65. The fraction of sp³-hybridized carbons (Fsp3) is 1.00. The second-order valence-electron chi connectivity index (χ2n) is 7.17. The van der Waals surface area contributed by atoms with Gasteiger partial charge in [0.25, 0.3) is 0 Å². The van der Waals surface area contributed by atoms with Crippen LogP contribution in [0.5, 0.6) is 0 Å². The monoisotopic (exact) mass is 267 g/mol. The van der Waals surface area contributed by atoms with E-state index in [0.29, 0.717) is 6.42 Å². The summed E-state index contributed by atoms with van der Waals surface area (Å²) in [4.78, 5) is 0. The molecule has 0 radical (unpaired) electrons. The molecule has 0 amide bonds. The summed E-state index contributed by atoms with van der Waals surface area (Å²) >= 11 is 0. The van der Waals surface area contributed by atoms with E-state index in [-0.39, 0.29) is 23.4 Å². The van der Waals surface area contributed by atoms with Crippen molar-refractivity contribution >= 4 is 0 Å². The van der Waals surface area contributed by atoms with Crippen molar-refractivity contribution in [1.82, 2.24) is 5.32 Å². The van der Waals surface area contributed by atoms with Crippen molar-refractivity contribution in [3.63, 3.8) is 0 Å². The van der Waals surface area contributed by atoms with E-state index in [0.717, 1.165) is 6.42 Å². The van der Waals surface area contributed by atoms with E-state index < -0.39 is 12.6 Å². The molecule has 0 bridgehead atoms. The largest absolute Gasteiger partial charge is 0.389 e. The van der Waals surface area contributed by atoms with Crippen molar-refractivity contribution < 1.29 is 13.2 Å². The highest BCUT2D eigenvalue weighted by Gasteiger charge is 2.28. The van der Waals surface area contributed by atoms with Gasteiger partial charge in [-0.15, -0.1) is 0 Å². The minimum absolute atomic E-state index is 0.0457. The molecule has 1 atom stereocenters. The standard InChI is InChI=1S/C14H28F3N/c1-11(8-7-9-14(15,16)17)18-13(5,6)10-12(2,3)4/h11,18H,7-10H2,1-6H3. The fourth-order valence-corrected chi connectivity index (χ4v) is 2.72. The molecule has 4 heteroatoms. The molecule has 0 aliphatic heterocycles. The zero-order valence-electron chi connectivity index (χ0n) is 12.5. The number of alkyl halides is 3. The molecule has 0 spiro atoms. The summed E-state index contributed by atoms with van der Waals surface area (Å²) in [6.45, 7) is 12.7. The Morgan fingerprint density at radius 3 is 1.89 bits per heavy atom. The van der Waals surface area contributed by atoms with Gasteiger partial charge in [0, 0.05) is 18.0 Å². The third-order valence-corrected chi connectivity index (χ3v) is 2.71. The van der Waals surface area contributed by atoms with Crippen molar-refractivity contribution in [3.05, 3.63) is 0 Å². The van der Waals surface area contributed by atoms with Crippen LogP contribution in [-0.2, 0) is 0 Å². The van der Waals surface area contributed by atoms with Gasteiger partial charge in [-0.25, -0.2) is 0 Å². The predicted octanol–water partition coefficient (Wildman–Crippen LogP) is 4.91. The molecule has 0 heterocycles. The van der Waals surface area contributed by atoms with Gasteiger partial charge in [-0.3, -0.25) is 0 Å². The van der Waals surface area contributed by atoms with Crippen LogP contribution in [0.2, 0.25) is 0 Å². The number of halogens is 3. The maximum absolute atomic E-state index is 12.0. The number of rotatable bonds is 6. The quantitative estimate of drug-likeness (QED) is 0.721. The van der Waals surface area contributed by atoms with E-state index in [1.165, 1.54) is 0 Å². The van der Waals surface area contributed by atoms with E-state index in [9.17, 15) is 13.2 Å². The second-order valence-corrected chi connectivity index (χ2v) is 7.17. The van der Waals surface area contributed by atoms with Gasteiger partial charge >= 0.3 is 6.18 Å². The van der Waals surface area contributed by atoms with Crippen LogP contribution in [0.1, 0.15) is 67.2 Å². The number of hydrogen-bond donors (Lipinski definition) is 1. The molecular weight excluding hydrogens is 239 g/mol. The molecule has 1 N–H and O–H groups in total. The summed E-state index contributed by atoms with van der Waals surface area (Å²) in [6, 6.07) is 0.115. The Balaban J connectivity index is 4.03. The fourth-order valence-electron chi connectivity index (χ4n) is 2.72. The van der Waals surface area contributed by atoms with E-state index in [1.807, 2.05) is 6.92 Å². The van der Waals surface area contributed by atoms with Gasteiger partial charge < -0.3 is 5.32 Å². The van der Waals surface area contributed by atoms with Gasteiger partial charge in [0.05, 0.1) is 0 Å². The van der Waals surface area contributed by atoms with Crippen LogP contribution in [0.25, 0.3) is 0 Å². The Bertz CT molecular complexity index is 238. The van der Waals surface area contributed by atoms with Gasteiger partial charge in [-0.05, 0) is 45.4 Å². The molecule has 110 valence electrons. The van der Waals surface area contributed by atoms with Gasteiger partial charge in [-0.1, -0.05) is 20.8 Å². The number of hydrogen-bond acceptors (Lipinski definition) is 1. The molecule has 0 aromatic heterocycles. The lowest BCUT2D eigenvalue weighted by Gasteiger charge is -2.36. The average Bonchev–Trinajstić information content (AvgIpc) is 1.93. The first kappa shape index (κ1) is 17.8. The zero-order valence-corrected chi connectivity index (χ0v) is 12.5. The van der Waals surface area contributed by atoms with Crippen LogP contribution in [0, 0.1) is 5.41 Å². The molecule has 0 fully saturated rings. The number of nitrogens with one attached hydrogen (secondary N) is 1. The average molecular weight is 267 g/mol. The lowest BCUT2D eigenvalue weighted by atomic mass is 9.81. The third-order valence-electron chi connectivity index (χ3n) is 2.71. The molecule has 0 aliphatic rings. The molecule has 0 saturated carbocycles. The highest BCUT2D eigenvalue weighted by atomic mass is 19.4. The lowest BCUT2D eigenvalue weighted by molar-refractivity contribution is -0.135. The lowest BCUT2D eigenvalue weighted by Crippen LogP contribution is -2.47. The molecule has 0 saturated heterocycles. The van der Waals surface area contributed by atoms with E-state index in [4.69, 9.17) is 0 Å². The van der Waals surface area contributed by atoms with Crippen LogP contribution in [0.4, 0.5) is 13.2 Å². The highest BCUT2D eigenvalue weighted by Crippen LogP contribution is 2.28. The van der Waals surface area contributed by atoms with Crippen molar-refractivity contribution in [2.45, 2.75) is 85.0 Å². The summed E-state index contributed by atoms with van der Waals surface area (Å²) in [7, 11) is 0. The summed E-state index contributed by atoms with van der Waals surface area (Å²) in [5.74, 6) is 0. The predicted molar refractivity (Wildman–Crippen MR) is 70.7 cm³/mol. The molecule has 1 unspecified atom stereocenters. The Morgan fingerprint density at radius 1 is 1.00 bits per heavy atom. The van der Waals surface area contributed by atoms with Crippen LogP contribution in [0.3, 0.4) is 0 Å². The first-order valence-electron chi connectivity index (χ1n) is 6.65. The third kappa shape index (κ3) is 10.9. The van der Waals surface area contributed by atoms with Crippen molar-refractivity contribution in [2.24, 2.45) is 5.41 Å². The van der Waals surface area contributed by atoms with Gasteiger partial charge in [0.15, 0.2) is 0 Å². The van der Waals surface area contributed by atoms with Crippen molar-refractivity contribution in [1.29, 1.82) is 0 Å². The minimum atomic E-state index is -4.03. The van der Waals surface area contributed by atoms with Crippen molar-refractivity contribution in [2.75, 3.05) is 0 Å². The summed E-state index contributed by atoms with van der Waals surface area (Å²) in [5.41, 5.74) is 0.165. The second kappa shape index (κ2) is 6.27. The van der Waals surface area contributed by atoms with Gasteiger partial charge in [-0.2, -0.15) is 13.2 Å². The normalized spacial score (nSPS) is 15.8. The Morgan fingerprint density at radius 2 is 1.50 bits per heavy atom. The molecule has 0 aromatic carbocycles. The van der Waals surface area contributed by atoms with E-state index in [2.05, 4.69) is 39.9 Å². The van der Waals surface area contributed by atoms with Gasteiger partial charge in [0.2, 0.25) is 0 Å². The maximum Gasteiger partial charge on any atom is 0.389 e. The molecule has 1 nitrogen and oxygen atoms in total. The van der Waals surface area contributed by atoms with Crippen LogP contribution in [0.15, 0.2) is 0 Å². The smallest absolute Gasteiger partial charge is 0.309 e. The van der Waals surface area contributed by atoms with E-state index >= 15 is 0 Å². The Hall–Kier alpha value is -0.250. The summed E-state index contributed by atoms with van der Waals surface area (Å²) in [5, 5.41) is 3.43. The molecular formula is C14H28F3N. The molecule has 0 aliphatic carbocycles. The summed E-state index contributed by atoms with van der Waals surface area (Å²) < 4.78 is 36.1. The van der Waals surface area contributed by atoms with Crippen LogP contribution in [-0.4, -0.2) is 17.8 Å². The highest BCUT2D eigenvalue weighted by molar-refractivity contribution is 4.85. The Kier molecular flexibility index (Phi) is 6.18. The molecule has 18 heavy (non-hydrogen) atoms. The first-order chi connectivity index (χ1) is 7.81. The Labute approximate surface area is 110 Å². The molecule has 0 aromatic rings. The molecule has 0 rings (SSSR count). The zero-order chi connectivity index (χ0) is 14.6.